The molecule has 7 rings (SSSR count). The minimum absolute atomic E-state index is 0.277. The molecule has 48 heavy (non-hydrogen) atoms. The Labute approximate surface area is 280 Å². The number of aromatic nitrogens is 5. The largest absolute Gasteiger partial charge is 0.438 e. The minimum Gasteiger partial charge on any atom is -0.438 e. The van der Waals surface area contributed by atoms with Crippen molar-refractivity contribution in [2.45, 2.75) is 32.4 Å². The van der Waals surface area contributed by atoms with Crippen LogP contribution in [0.25, 0.3) is 33.3 Å². The molecule has 10 nitrogen and oxygen atoms in total. The van der Waals surface area contributed by atoms with Crippen LogP contribution in [0.4, 0.5) is 17.5 Å². The van der Waals surface area contributed by atoms with E-state index < -0.39 is 0 Å². The van der Waals surface area contributed by atoms with Crippen LogP contribution in [0.5, 0.6) is 11.6 Å². The van der Waals surface area contributed by atoms with Crippen molar-refractivity contribution in [2.75, 3.05) is 36.9 Å². The number of pyridine rings is 1. The van der Waals surface area contributed by atoms with Crippen molar-refractivity contribution in [1.82, 2.24) is 30.0 Å². The van der Waals surface area contributed by atoms with Crippen LogP contribution in [0, 0.1) is 0 Å². The first kappa shape index (κ1) is 31.2. The van der Waals surface area contributed by atoms with E-state index in [4.69, 9.17) is 14.5 Å². The van der Waals surface area contributed by atoms with Gasteiger partial charge in [-0.15, -0.1) is 10.2 Å². The van der Waals surface area contributed by atoms with E-state index >= 15 is 0 Å². The number of rotatable bonds is 11. The van der Waals surface area contributed by atoms with Gasteiger partial charge in [0.1, 0.15) is 11.4 Å². The second-order valence-corrected chi connectivity index (χ2v) is 12.0. The lowest BCUT2D eigenvalue weighted by molar-refractivity contribution is -0.0491. The Kier molecular flexibility index (Phi) is 9.44. The van der Waals surface area contributed by atoms with Crippen LogP contribution >= 0.6 is 0 Å². The summed E-state index contributed by atoms with van der Waals surface area (Å²) in [5.74, 6) is 2.37. The van der Waals surface area contributed by atoms with Gasteiger partial charge in [-0.1, -0.05) is 54.6 Å². The first-order valence-corrected chi connectivity index (χ1v) is 16.3. The smallest absolute Gasteiger partial charge is 0.228 e. The summed E-state index contributed by atoms with van der Waals surface area (Å²) in [5, 5.41) is 17.9. The molecule has 1 aliphatic heterocycles. The fourth-order valence-electron chi connectivity index (χ4n) is 5.89. The van der Waals surface area contributed by atoms with Gasteiger partial charge in [-0.05, 0) is 62.7 Å². The highest BCUT2D eigenvalue weighted by atomic mass is 16.5. The second kappa shape index (κ2) is 14.5. The van der Waals surface area contributed by atoms with Crippen molar-refractivity contribution in [2.24, 2.45) is 0 Å². The molecule has 1 fully saturated rings. The van der Waals surface area contributed by atoms with E-state index in [0.29, 0.717) is 29.4 Å². The molecule has 0 aliphatic carbocycles. The summed E-state index contributed by atoms with van der Waals surface area (Å²) in [7, 11) is 0. The van der Waals surface area contributed by atoms with Gasteiger partial charge in [0, 0.05) is 60.1 Å². The molecule has 3 aromatic carbocycles. The molecule has 1 saturated heterocycles. The maximum absolute atomic E-state index is 6.26. The number of morpholine rings is 1. The van der Waals surface area contributed by atoms with Gasteiger partial charge in [-0.25, -0.2) is 15.0 Å². The minimum atomic E-state index is 0.277. The Morgan fingerprint density at radius 3 is 2.50 bits per heavy atom. The van der Waals surface area contributed by atoms with Gasteiger partial charge in [-0.3, -0.25) is 4.90 Å². The zero-order chi connectivity index (χ0) is 32.7. The monoisotopic (exact) mass is 638 g/mol. The maximum atomic E-state index is 6.26. The number of ether oxygens (including phenoxy) is 2. The van der Waals surface area contributed by atoms with Gasteiger partial charge in [0.25, 0.3) is 0 Å². The molecule has 3 aromatic heterocycles. The van der Waals surface area contributed by atoms with Gasteiger partial charge >= 0.3 is 0 Å². The molecule has 0 radical (unpaired) electrons. The average Bonchev–Trinajstić information content (AvgIpc) is 3.13. The molecule has 1 aliphatic rings. The number of hydrogen-bond acceptors (Lipinski definition) is 10. The Hall–Kier alpha value is -5.45. The van der Waals surface area contributed by atoms with Gasteiger partial charge in [0.05, 0.1) is 24.0 Å². The molecule has 2 N–H and O–H groups in total. The normalized spacial score (nSPS) is 16.5. The van der Waals surface area contributed by atoms with Crippen LogP contribution in [-0.2, 0) is 4.74 Å². The predicted molar refractivity (Wildman–Crippen MR) is 190 cm³/mol. The highest BCUT2D eigenvalue weighted by molar-refractivity contribution is 6.00. The molecule has 0 bridgehead atoms. The third-order valence-electron chi connectivity index (χ3n) is 8.41. The Balaban J connectivity index is 1.01. The van der Waals surface area contributed by atoms with Gasteiger partial charge in [0.15, 0.2) is 5.82 Å². The van der Waals surface area contributed by atoms with Crippen LogP contribution < -0.4 is 15.4 Å². The number of nitrogens with zero attached hydrogens (tertiary/aromatic N) is 6. The molecular formula is C38H38N8O2. The van der Waals surface area contributed by atoms with Gasteiger partial charge in [-0.2, -0.15) is 0 Å². The maximum Gasteiger partial charge on any atom is 0.228 e. The summed E-state index contributed by atoms with van der Waals surface area (Å²) in [6.45, 7) is 7.87. The Morgan fingerprint density at radius 2 is 1.65 bits per heavy atom. The van der Waals surface area contributed by atoms with E-state index in [1.165, 1.54) is 0 Å². The predicted octanol–water partition coefficient (Wildman–Crippen LogP) is 7.60. The van der Waals surface area contributed by atoms with Crippen LogP contribution in [0.15, 0.2) is 109 Å². The molecular weight excluding hydrogens is 600 g/mol. The molecule has 0 saturated carbocycles. The van der Waals surface area contributed by atoms with E-state index in [0.717, 1.165) is 71.6 Å². The van der Waals surface area contributed by atoms with E-state index in [1.807, 2.05) is 84.9 Å². The van der Waals surface area contributed by atoms with Crippen molar-refractivity contribution in [3.63, 3.8) is 0 Å². The second-order valence-electron chi connectivity index (χ2n) is 12.0. The summed E-state index contributed by atoms with van der Waals surface area (Å²) in [4.78, 5) is 16.2. The van der Waals surface area contributed by atoms with Crippen molar-refractivity contribution >= 4 is 28.2 Å². The van der Waals surface area contributed by atoms with Crippen molar-refractivity contribution in [1.29, 1.82) is 0 Å². The number of anilines is 3. The molecule has 0 amide bonds. The van der Waals surface area contributed by atoms with Crippen molar-refractivity contribution in [3.05, 3.63) is 109 Å². The van der Waals surface area contributed by atoms with Crippen LogP contribution in [0.1, 0.15) is 20.3 Å². The van der Waals surface area contributed by atoms with Gasteiger partial charge < -0.3 is 20.1 Å². The summed E-state index contributed by atoms with van der Waals surface area (Å²) in [6, 6.07) is 32.1. The molecule has 2 atom stereocenters. The molecule has 2 unspecified atom stereocenters. The van der Waals surface area contributed by atoms with Crippen molar-refractivity contribution < 1.29 is 9.47 Å². The molecule has 0 spiro atoms. The third kappa shape index (κ3) is 7.25. The van der Waals surface area contributed by atoms with Crippen LogP contribution in [0.2, 0.25) is 0 Å². The highest BCUT2D eigenvalue weighted by Crippen LogP contribution is 2.33. The standard InChI is InChI=1S/C38H38N8O2/c1-26-25-47-27(2)24-46(26)23-9-21-40-38-41-22-19-34(43-38)33-14-8-20-39-37(33)48-30-17-15-29(16-18-30)42-36-32-13-7-6-12-31(32)35(44-45-36)28-10-4-3-5-11-28/h3-8,10-20,22,26-27H,9,21,23-25H2,1-2H3,(H,42,45)(H,40,41,43). The Bertz CT molecular complexity index is 1970. The van der Waals surface area contributed by atoms with Crippen molar-refractivity contribution in [3.8, 4) is 34.1 Å². The summed E-state index contributed by atoms with van der Waals surface area (Å²) in [5.41, 5.74) is 4.25. The SMILES string of the molecule is CC1CN(CCCNc2nccc(-c3cccnc3Oc3ccc(Nc4nnc(-c5ccccc5)c5ccccc45)cc3)n2)C(C)CO1. The number of nitrogens with one attached hydrogen (secondary N) is 2. The van der Waals surface area contributed by atoms with Crippen LogP contribution in [0.3, 0.4) is 0 Å². The summed E-state index contributed by atoms with van der Waals surface area (Å²) >= 11 is 0. The van der Waals surface area contributed by atoms with E-state index in [-0.39, 0.29) is 6.10 Å². The first-order valence-electron chi connectivity index (χ1n) is 16.3. The summed E-state index contributed by atoms with van der Waals surface area (Å²) < 4.78 is 12.0. The zero-order valence-corrected chi connectivity index (χ0v) is 27.1. The van der Waals surface area contributed by atoms with E-state index in [2.05, 4.69) is 61.7 Å². The van der Waals surface area contributed by atoms with E-state index in [1.54, 1.807) is 12.4 Å². The number of fused-ring (bicyclic) bond motifs is 1. The highest BCUT2D eigenvalue weighted by Gasteiger charge is 2.22. The Morgan fingerprint density at radius 1 is 0.833 bits per heavy atom. The lowest BCUT2D eigenvalue weighted by Crippen LogP contribution is -2.47. The fourth-order valence-corrected chi connectivity index (χ4v) is 5.89. The van der Waals surface area contributed by atoms with Crippen LogP contribution in [-0.4, -0.2) is 68.4 Å². The average molecular weight is 639 g/mol. The fraction of sp³-hybridized carbons (Fsp3) is 0.237. The van der Waals surface area contributed by atoms with Gasteiger partial charge in [0.2, 0.25) is 11.8 Å². The molecule has 4 heterocycles. The lowest BCUT2D eigenvalue weighted by atomic mass is 10.0. The molecule has 242 valence electrons. The molecule has 10 heteroatoms. The molecule has 6 aromatic rings. The zero-order valence-electron chi connectivity index (χ0n) is 27.1. The number of hydrogen-bond donors (Lipinski definition) is 2. The third-order valence-corrected chi connectivity index (χ3v) is 8.41. The topological polar surface area (TPSA) is 110 Å². The quantitative estimate of drug-likeness (QED) is 0.138. The lowest BCUT2D eigenvalue weighted by Gasteiger charge is -2.36. The summed E-state index contributed by atoms with van der Waals surface area (Å²) in [6.07, 6.45) is 4.73. The van der Waals surface area contributed by atoms with E-state index in [9.17, 15) is 0 Å². The number of benzene rings is 3. The first-order chi connectivity index (χ1) is 23.6.